The van der Waals surface area contributed by atoms with E-state index in [2.05, 4.69) is 115 Å². The summed E-state index contributed by atoms with van der Waals surface area (Å²) in [7, 11) is 0. The molecule has 8 rings (SSSR count). The predicted octanol–water partition coefficient (Wildman–Crippen LogP) is 11.1. The molecule has 6 aromatic rings. The Morgan fingerprint density at radius 3 is 2.38 bits per heavy atom. The number of aliphatic imine (C=N–C) groups is 2. The van der Waals surface area contributed by atoms with E-state index < -0.39 is 0 Å². The van der Waals surface area contributed by atoms with Crippen LogP contribution in [0, 0.1) is 5.92 Å². The van der Waals surface area contributed by atoms with E-state index in [1.165, 1.54) is 53.3 Å². The van der Waals surface area contributed by atoms with Crippen LogP contribution >= 0.6 is 34.7 Å². The molecule has 3 nitrogen and oxygen atoms in total. The number of alkyl halides is 1. The third-order valence-electron chi connectivity index (χ3n) is 9.17. The zero-order chi connectivity index (χ0) is 30.7. The van der Waals surface area contributed by atoms with Crippen LogP contribution in [0.5, 0.6) is 0 Å². The van der Waals surface area contributed by atoms with Crippen molar-refractivity contribution in [3.05, 3.63) is 120 Å². The Morgan fingerprint density at radius 1 is 0.933 bits per heavy atom. The van der Waals surface area contributed by atoms with Crippen molar-refractivity contribution in [2.24, 2.45) is 15.9 Å². The summed E-state index contributed by atoms with van der Waals surface area (Å²) in [5.41, 5.74) is 6.94. The average molecular weight is 640 g/mol. The Balaban J connectivity index is 1.29. The van der Waals surface area contributed by atoms with Gasteiger partial charge in [-0.05, 0) is 42.1 Å². The number of benzene rings is 4. The number of fused-ring (bicyclic) bond motifs is 9. The fraction of sp³-hybridized carbons (Fsp3) is 0.128. The molecule has 220 valence electrons. The molecule has 4 aromatic carbocycles. The van der Waals surface area contributed by atoms with Gasteiger partial charge in [0.25, 0.3) is 0 Å². The number of thioether (sulfide) groups is 1. The van der Waals surface area contributed by atoms with Crippen molar-refractivity contribution in [2.45, 2.75) is 22.6 Å². The molecule has 2 aliphatic rings. The predicted molar refractivity (Wildman–Crippen MR) is 201 cm³/mol. The van der Waals surface area contributed by atoms with Crippen molar-refractivity contribution >= 4 is 108 Å². The number of nitrogens with zero attached hydrogens (tertiary/aromatic N) is 3. The summed E-state index contributed by atoms with van der Waals surface area (Å²) in [6.07, 6.45) is 11.8. The number of halogens is 1. The third-order valence-corrected chi connectivity index (χ3v) is 11.9. The molecule has 0 spiro atoms. The first kappa shape index (κ1) is 28.3. The molecule has 0 fully saturated rings. The Labute approximate surface area is 275 Å². The molecule has 0 amide bonds. The highest BCUT2D eigenvalue weighted by atomic mass is 35.5. The second-order valence-electron chi connectivity index (χ2n) is 11.4. The number of para-hydroxylation sites is 1. The van der Waals surface area contributed by atoms with Crippen molar-refractivity contribution in [3.8, 4) is 0 Å². The van der Waals surface area contributed by atoms with Gasteiger partial charge in [-0.15, -0.1) is 34.7 Å². The van der Waals surface area contributed by atoms with E-state index in [0.29, 0.717) is 0 Å². The molecule has 0 N–H and O–H groups in total. The van der Waals surface area contributed by atoms with E-state index in [0.717, 1.165) is 28.1 Å². The Hall–Kier alpha value is -4.16. The van der Waals surface area contributed by atoms with E-state index >= 15 is 0 Å². The Kier molecular flexibility index (Phi) is 7.13. The van der Waals surface area contributed by atoms with Gasteiger partial charge in [0.15, 0.2) is 0 Å². The highest BCUT2D eigenvalue weighted by Crippen LogP contribution is 2.48. The maximum absolute atomic E-state index is 6.15. The van der Waals surface area contributed by atoms with E-state index in [4.69, 9.17) is 21.6 Å². The molecular formula is C39H30ClN3S2. The molecule has 6 heteroatoms. The molecule has 3 atom stereocenters. The molecule has 0 bridgehead atoms. The van der Waals surface area contributed by atoms with Crippen LogP contribution in [0.4, 0.5) is 0 Å². The molecule has 0 saturated heterocycles. The first-order chi connectivity index (χ1) is 22.2. The van der Waals surface area contributed by atoms with Crippen molar-refractivity contribution in [2.75, 3.05) is 6.00 Å². The van der Waals surface area contributed by atoms with Crippen LogP contribution in [0.25, 0.3) is 60.5 Å². The van der Waals surface area contributed by atoms with Gasteiger partial charge in [0, 0.05) is 48.7 Å². The standard InChI is InChI=1S/C39H30ClN3S2/c1-4-25-31(5-2)44-38-34(25)27-13-7-6-12-26(27)33-28-14-8-10-16-30(28)43(37(33)38)24-20-18-23(19-21-24)35(41-3)39-36(42-22-40)29-15-9-11-17-32(29)45-39/h4-18,20-21,23,35,39H,1-3,19,22H2/b42-36-. The summed E-state index contributed by atoms with van der Waals surface area (Å²) in [5, 5.41) is 6.36. The van der Waals surface area contributed by atoms with Crippen molar-refractivity contribution in [1.82, 2.24) is 4.57 Å². The Morgan fingerprint density at radius 2 is 1.67 bits per heavy atom. The topological polar surface area (TPSA) is 29.6 Å². The fourth-order valence-corrected chi connectivity index (χ4v) is 10.1. The molecule has 3 unspecified atom stereocenters. The van der Waals surface area contributed by atoms with Crippen molar-refractivity contribution < 1.29 is 0 Å². The maximum Gasteiger partial charge on any atom is 0.113 e. The van der Waals surface area contributed by atoms with E-state index in [1.54, 1.807) is 11.3 Å². The molecule has 0 radical (unpaired) electrons. The lowest BCUT2D eigenvalue weighted by atomic mass is 9.87. The number of allylic oxidation sites excluding steroid dienone is 3. The van der Waals surface area contributed by atoms with Crippen LogP contribution in [0.2, 0.25) is 0 Å². The van der Waals surface area contributed by atoms with Gasteiger partial charge in [-0.3, -0.25) is 9.98 Å². The van der Waals surface area contributed by atoms with Crippen molar-refractivity contribution in [3.63, 3.8) is 0 Å². The van der Waals surface area contributed by atoms with Crippen molar-refractivity contribution in [1.29, 1.82) is 0 Å². The fourth-order valence-electron chi connectivity index (χ4n) is 7.26. The highest BCUT2D eigenvalue weighted by Gasteiger charge is 2.38. The van der Waals surface area contributed by atoms with E-state index in [-0.39, 0.29) is 23.2 Å². The summed E-state index contributed by atoms with van der Waals surface area (Å²) >= 11 is 9.77. The van der Waals surface area contributed by atoms with Crippen LogP contribution in [-0.4, -0.2) is 34.3 Å². The Bertz CT molecular complexity index is 2300. The summed E-state index contributed by atoms with van der Waals surface area (Å²) in [4.78, 5) is 11.8. The van der Waals surface area contributed by atoms with Gasteiger partial charge in [-0.1, -0.05) is 98.1 Å². The van der Waals surface area contributed by atoms with Gasteiger partial charge in [-0.25, -0.2) is 0 Å². The van der Waals surface area contributed by atoms with Gasteiger partial charge in [0.05, 0.1) is 32.7 Å². The quantitative estimate of drug-likeness (QED) is 0.0970. The van der Waals surface area contributed by atoms with E-state index in [1.807, 2.05) is 23.9 Å². The smallest absolute Gasteiger partial charge is 0.113 e. The van der Waals surface area contributed by atoms with Gasteiger partial charge < -0.3 is 4.57 Å². The third kappa shape index (κ3) is 4.25. The molecule has 45 heavy (non-hydrogen) atoms. The second kappa shape index (κ2) is 11.3. The zero-order valence-corrected chi connectivity index (χ0v) is 27.0. The number of thiophene rings is 1. The van der Waals surface area contributed by atoms with Crippen LogP contribution < -0.4 is 0 Å². The highest BCUT2D eigenvalue weighted by molar-refractivity contribution is 8.01. The maximum atomic E-state index is 6.15. The normalized spacial score (nSPS) is 19.4. The van der Waals surface area contributed by atoms with E-state index in [9.17, 15) is 0 Å². The molecule has 0 saturated carbocycles. The van der Waals surface area contributed by atoms with Gasteiger partial charge in [0.2, 0.25) is 0 Å². The SMILES string of the molecule is C=Cc1sc2c(c1C=C)c1ccccc1c1c3ccccc3n(C3=CCC(C(N=C)C4Sc5ccccc5/C4=N/CCl)C=C3)c21. The van der Waals surface area contributed by atoms with Crippen LogP contribution in [-0.2, 0) is 0 Å². The van der Waals surface area contributed by atoms with Crippen LogP contribution in [0.3, 0.4) is 0 Å². The number of hydrogen-bond acceptors (Lipinski definition) is 4. The van der Waals surface area contributed by atoms with Gasteiger partial charge in [-0.2, -0.15) is 0 Å². The lowest BCUT2D eigenvalue weighted by Crippen LogP contribution is -2.33. The van der Waals surface area contributed by atoms with Gasteiger partial charge in [0.1, 0.15) is 6.00 Å². The first-order valence-electron chi connectivity index (χ1n) is 15.0. The minimum absolute atomic E-state index is 0.0326. The summed E-state index contributed by atoms with van der Waals surface area (Å²) in [6.45, 7) is 12.4. The molecule has 3 heterocycles. The largest absolute Gasteiger partial charge is 0.308 e. The number of hydrogen-bond donors (Lipinski definition) is 0. The molecule has 1 aliphatic carbocycles. The summed E-state index contributed by atoms with van der Waals surface area (Å²) < 4.78 is 3.72. The number of aromatic nitrogens is 1. The zero-order valence-electron chi connectivity index (χ0n) is 24.6. The number of rotatable bonds is 7. The van der Waals surface area contributed by atoms with Crippen LogP contribution in [0.1, 0.15) is 22.4 Å². The van der Waals surface area contributed by atoms with Crippen LogP contribution in [0.15, 0.2) is 119 Å². The van der Waals surface area contributed by atoms with Gasteiger partial charge >= 0.3 is 0 Å². The monoisotopic (exact) mass is 639 g/mol. The lowest BCUT2D eigenvalue weighted by Gasteiger charge is -2.28. The summed E-state index contributed by atoms with van der Waals surface area (Å²) in [6, 6.07) is 26.2. The first-order valence-corrected chi connectivity index (χ1v) is 17.3. The molecule has 1 aliphatic heterocycles. The second-order valence-corrected chi connectivity index (χ2v) is 13.8. The lowest BCUT2D eigenvalue weighted by molar-refractivity contribution is 0.529. The minimum atomic E-state index is -0.0326. The minimum Gasteiger partial charge on any atom is -0.308 e. The summed E-state index contributed by atoms with van der Waals surface area (Å²) in [5.74, 6) is 0.189. The molecular weight excluding hydrogens is 610 g/mol. The average Bonchev–Trinajstić information content (AvgIpc) is 3.76. The molecule has 2 aromatic heterocycles.